The number of amides is 2. The van der Waals surface area contributed by atoms with Gasteiger partial charge in [-0.3, -0.25) is 14.6 Å². The normalized spacial score (nSPS) is 10.3. The third kappa shape index (κ3) is 3.28. The van der Waals surface area contributed by atoms with Crippen LogP contribution in [-0.2, 0) is 0 Å². The summed E-state index contributed by atoms with van der Waals surface area (Å²) in [7, 11) is 3.05. The van der Waals surface area contributed by atoms with Gasteiger partial charge in [0.05, 0.1) is 23.9 Å². The molecule has 0 radical (unpaired) electrons. The third-order valence-corrected chi connectivity index (χ3v) is 3.84. The van der Waals surface area contributed by atoms with Gasteiger partial charge >= 0.3 is 0 Å². The summed E-state index contributed by atoms with van der Waals surface area (Å²) in [5.74, 6) is -0.0892. The Kier molecular flexibility index (Phi) is 4.61. The first kappa shape index (κ1) is 16.4. The molecule has 0 aliphatic carbocycles. The molecule has 2 amide bonds. The molecule has 0 bridgehead atoms. The van der Waals surface area contributed by atoms with E-state index in [0.29, 0.717) is 22.6 Å². The van der Waals surface area contributed by atoms with Crippen molar-refractivity contribution in [3.63, 3.8) is 0 Å². The molecule has 0 unspecified atom stereocenters. The number of carbonyl (C=O) groups excluding carboxylic acids is 2. The van der Waals surface area contributed by atoms with Crippen LogP contribution in [0.1, 0.15) is 20.7 Å². The molecule has 2 aromatic carbocycles. The molecule has 2 N–H and O–H groups in total. The van der Waals surface area contributed by atoms with Gasteiger partial charge in [-0.15, -0.1) is 0 Å². The number of nitrogens with one attached hydrogen (secondary N) is 2. The summed E-state index contributed by atoms with van der Waals surface area (Å²) in [6.45, 7) is 0. The fraction of sp³-hybridized carbons (Fsp3) is 0.105. The first-order chi connectivity index (χ1) is 12.1. The lowest BCUT2D eigenvalue weighted by atomic mass is 10.1. The lowest BCUT2D eigenvalue weighted by Crippen LogP contribution is -2.21. The van der Waals surface area contributed by atoms with E-state index in [-0.39, 0.29) is 11.8 Å². The standard InChI is InChI=1S/C19H17N3O3/c1-20-18(23)15-11-12(25-2)8-9-17(15)22-19(24)14-5-3-7-16-13(14)6-4-10-21-16/h3-11H,1-2H3,(H,20,23)(H,22,24). The number of pyridine rings is 1. The molecule has 0 spiro atoms. The molecule has 0 saturated carbocycles. The number of hydrogen-bond donors (Lipinski definition) is 2. The maximum absolute atomic E-state index is 12.7. The maximum atomic E-state index is 12.7. The molecule has 3 rings (SSSR count). The summed E-state index contributed by atoms with van der Waals surface area (Å²) in [4.78, 5) is 29.1. The monoisotopic (exact) mass is 335 g/mol. The van der Waals surface area contributed by atoms with Crippen molar-refractivity contribution in [1.29, 1.82) is 0 Å². The number of rotatable bonds is 4. The molecule has 0 saturated heterocycles. The van der Waals surface area contributed by atoms with E-state index in [0.717, 1.165) is 10.9 Å². The van der Waals surface area contributed by atoms with Crippen LogP contribution in [0.15, 0.2) is 54.7 Å². The molecule has 25 heavy (non-hydrogen) atoms. The highest BCUT2D eigenvalue weighted by molar-refractivity contribution is 6.14. The predicted octanol–water partition coefficient (Wildman–Crippen LogP) is 2.86. The molecular formula is C19H17N3O3. The minimum Gasteiger partial charge on any atom is -0.497 e. The van der Waals surface area contributed by atoms with Gasteiger partial charge in [-0.1, -0.05) is 12.1 Å². The Labute approximate surface area is 144 Å². The number of anilines is 1. The van der Waals surface area contributed by atoms with Crippen LogP contribution in [0.25, 0.3) is 10.9 Å². The van der Waals surface area contributed by atoms with Crippen molar-refractivity contribution in [2.75, 3.05) is 19.5 Å². The second kappa shape index (κ2) is 7.00. The SMILES string of the molecule is CNC(=O)c1cc(OC)ccc1NC(=O)c1cccc2ncccc12. The van der Waals surface area contributed by atoms with E-state index < -0.39 is 0 Å². The van der Waals surface area contributed by atoms with Crippen molar-refractivity contribution in [2.45, 2.75) is 0 Å². The van der Waals surface area contributed by atoms with Crippen LogP contribution in [-0.4, -0.2) is 31.0 Å². The van der Waals surface area contributed by atoms with Crippen molar-refractivity contribution >= 4 is 28.4 Å². The molecular weight excluding hydrogens is 318 g/mol. The zero-order valence-corrected chi connectivity index (χ0v) is 13.9. The number of nitrogens with zero attached hydrogens (tertiary/aromatic N) is 1. The summed E-state index contributed by atoms with van der Waals surface area (Å²) in [5, 5.41) is 6.11. The number of hydrogen-bond acceptors (Lipinski definition) is 4. The van der Waals surface area contributed by atoms with E-state index >= 15 is 0 Å². The van der Waals surface area contributed by atoms with Gasteiger partial charge in [-0.25, -0.2) is 0 Å². The highest BCUT2D eigenvalue weighted by Gasteiger charge is 2.16. The van der Waals surface area contributed by atoms with Gasteiger partial charge < -0.3 is 15.4 Å². The number of carbonyl (C=O) groups is 2. The predicted molar refractivity (Wildman–Crippen MR) is 96.1 cm³/mol. The average molecular weight is 335 g/mol. The minimum atomic E-state index is -0.311. The van der Waals surface area contributed by atoms with E-state index in [2.05, 4.69) is 15.6 Å². The van der Waals surface area contributed by atoms with Crippen LogP contribution in [0.2, 0.25) is 0 Å². The summed E-state index contributed by atoms with van der Waals surface area (Å²) >= 11 is 0. The molecule has 0 atom stereocenters. The molecule has 0 aliphatic rings. The van der Waals surface area contributed by atoms with Gasteiger partial charge in [0.25, 0.3) is 11.8 Å². The number of ether oxygens (including phenoxy) is 1. The molecule has 0 fully saturated rings. The van der Waals surface area contributed by atoms with Crippen molar-refractivity contribution in [3.05, 3.63) is 65.9 Å². The lowest BCUT2D eigenvalue weighted by molar-refractivity contribution is 0.0963. The second-order valence-electron chi connectivity index (χ2n) is 5.32. The van der Waals surface area contributed by atoms with Gasteiger partial charge in [0.1, 0.15) is 5.75 Å². The molecule has 3 aromatic rings. The zero-order valence-electron chi connectivity index (χ0n) is 13.9. The number of methoxy groups -OCH3 is 1. The van der Waals surface area contributed by atoms with Crippen molar-refractivity contribution in [2.24, 2.45) is 0 Å². The van der Waals surface area contributed by atoms with Gasteiger partial charge in [-0.2, -0.15) is 0 Å². The van der Waals surface area contributed by atoms with Crippen LogP contribution in [0.4, 0.5) is 5.69 Å². The van der Waals surface area contributed by atoms with Gasteiger partial charge in [0.2, 0.25) is 0 Å². The first-order valence-corrected chi connectivity index (χ1v) is 7.69. The zero-order chi connectivity index (χ0) is 17.8. The first-order valence-electron chi connectivity index (χ1n) is 7.69. The quantitative estimate of drug-likeness (QED) is 0.768. The Morgan fingerprint density at radius 1 is 1.00 bits per heavy atom. The van der Waals surface area contributed by atoms with Crippen LogP contribution in [0, 0.1) is 0 Å². The maximum Gasteiger partial charge on any atom is 0.256 e. The molecule has 6 nitrogen and oxygen atoms in total. The van der Waals surface area contributed by atoms with E-state index in [9.17, 15) is 9.59 Å². The smallest absolute Gasteiger partial charge is 0.256 e. The van der Waals surface area contributed by atoms with E-state index in [1.165, 1.54) is 14.2 Å². The lowest BCUT2D eigenvalue weighted by Gasteiger charge is -2.12. The van der Waals surface area contributed by atoms with E-state index in [1.54, 1.807) is 42.6 Å². The molecule has 1 aromatic heterocycles. The summed E-state index contributed by atoms with van der Waals surface area (Å²) in [6.07, 6.45) is 1.68. The third-order valence-electron chi connectivity index (χ3n) is 3.84. The Bertz CT molecular complexity index is 948. The molecule has 126 valence electrons. The summed E-state index contributed by atoms with van der Waals surface area (Å²) in [6, 6.07) is 13.9. The minimum absolute atomic E-state index is 0.311. The highest BCUT2D eigenvalue weighted by Crippen LogP contribution is 2.24. The Morgan fingerprint density at radius 2 is 1.84 bits per heavy atom. The fourth-order valence-electron chi connectivity index (χ4n) is 2.57. The average Bonchev–Trinajstić information content (AvgIpc) is 2.67. The van der Waals surface area contributed by atoms with Gasteiger partial charge in [0.15, 0.2) is 0 Å². The summed E-state index contributed by atoms with van der Waals surface area (Å²) in [5.41, 5.74) is 1.96. The van der Waals surface area contributed by atoms with Gasteiger partial charge in [-0.05, 0) is 36.4 Å². The highest BCUT2D eigenvalue weighted by atomic mass is 16.5. The second-order valence-corrected chi connectivity index (χ2v) is 5.32. The van der Waals surface area contributed by atoms with Gasteiger partial charge in [0, 0.05) is 24.2 Å². The Balaban J connectivity index is 1.99. The van der Waals surface area contributed by atoms with Crippen molar-refractivity contribution in [3.8, 4) is 5.75 Å². The number of benzene rings is 2. The molecule has 6 heteroatoms. The Morgan fingerprint density at radius 3 is 2.60 bits per heavy atom. The summed E-state index contributed by atoms with van der Waals surface area (Å²) < 4.78 is 5.15. The van der Waals surface area contributed by atoms with E-state index in [4.69, 9.17) is 4.74 Å². The van der Waals surface area contributed by atoms with Crippen LogP contribution < -0.4 is 15.4 Å². The molecule has 1 heterocycles. The Hall–Kier alpha value is -3.41. The van der Waals surface area contributed by atoms with Crippen LogP contribution in [0.3, 0.4) is 0 Å². The van der Waals surface area contributed by atoms with Crippen molar-refractivity contribution in [1.82, 2.24) is 10.3 Å². The van der Waals surface area contributed by atoms with Crippen LogP contribution >= 0.6 is 0 Å². The van der Waals surface area contributed by atoms with Crippen molar-refractivity contribution < 1.29 is 14.3 Å². The van der Waals surface area contributed by atoms with Crippen LogP contribution in [0.5, 0.6) is 5.75 Å². The molecule has 0 aliphatic heterocycles. The largest absolute Gasteiger partial charge is 0.497 e. The van der Waals surface area contributed by atoms with E-state index in [1.807, 2.05) is 12.1 Å². The topological polar surface area (TPSA) is 80.3 Å². The fourth-order valence-corrected chi connectivity index (χ4v) is 2.57. The number of aromatic nitrogens is 1. The number of fused-ring (bicyclic) bond motifs is 1.